The Morgan fingerprint density at radius 1 is 0.840 bits per heavy atom. The summed E-state index contributed by atoms with van der Waals surface area (Å²) in [4.78, 5) is 5.17. The summed E-state index contributed by atoms with van der Waals surface area (Å²) in [5.74, 6) is 0.646. The Labute approximate surface area is 152 Å². The first-order valence-electron chi connectivity index (χ1n) is 9.52. The minimum Gasteiger partial charge on any atom is -0.301 e. The molecule has 1 aliphatic rings. The molecule has 3 rings (SSSR count). The second-order valence-corrected chi connectivity index (χ2v) is 7.06. The van der Waals surface area contributed by atoms with Crippen LogP contribution in [0.15, 0.2) is 66.7 Å². The summed E-state index contributed by atoms with van der Waals surface area (Å²) in [5.41, 5.74) is 2.75. The summed E-state index contributed by atoms with van der Waals surface area (Å²) in [6.45, 7) is 9.37. The largest absolute Gasteiger partial charge is 0.301 e. The number of hydrogen-bond donors (Lipinski definition) is 0. The van der Waals surface area contributed by atoms with Crippen molar-refractivity contribution in [2.75, 3.05) is 39.3 Å². The van der Waals surface area contributed by atoms with E-state index in [1.807, 2.05) is 0 Å². The molecule has 2 heteroatoms. The fourth-order valence-electron chi connectivity index (χ4n) is 3.42. The predicted molar refractivity (Wildman–Crippen MR) is 108 cm³/mol. The highest BCUT2D eigenvalue weighted by Crippen LogP contribution is 2.19. The first-order chi connectivity index (χ1) is 12.3. The Balaban J connectivity index is 1.35. The van der Waals surface area contributed by atoms with E-state index in [1.165, 1.54) is 50.3 Å². The van der Waals surface area contributed by atoms with Gasteiger partial charge in [0.15, 0.2) is 0 Å². The van der Waals surface area contributed by atoms with Crippen LogP contribution in [0.2, 0.25) is 0 Å². The van der Waals surface area contributed by atoms with Gasteiger partial charge in [-0.2, -0.15) is 0 Å². The first kappa shape index (κ1) is 17.9. The van der Waals surface area contributed by atoms with Crippen LogP contribution in [0.3, 0.4) is 0 Å². The van der Waals surface area contributed by atoms with E-state index >= 15 is 0 Å². The van der Waals surface area contributed by atoms with E-state index in [9.17, 15) is 0 Å². The number of hydrogen-bond acceptors (Lipinski definition) is 2. The molecule has 1 saturated heterocycles. The SMILES string of the molecule is CC(CCN1CCN(CC=Cc2ccccc2)CC1)c1ccccc1. The molecule has 0 aromatic heterocycles. The van der Waals surface area contributed by atoms with Crippen LogP contribution in [0.4, 0.5) is 0 Å². The van der Waals surface area contributed by atoms with Crippen LogP contribution in [0.1, 0.15) is 30.4 Å². The molecule has 2 aromatic rings. The van der Waals surface area contributed by atoms with Gasteiger partial charge in [0, 0.05) is 32.7 Å². The average molecular weight is 335 g/mol. The molecule has 0 N–H and O–H groups in total. The van der Waals surface area contributed by atoms with Crippen molar-refractivity contribution in [3.05, 3.63) is 77.9 Å². The normalized spacial score (nSPS) is 17.8. The molecular formula is C23H30N2. The molecule has 0 amide bonds. The predicted octanol–water partition coefficient (Wildman–Crippen LogP) is 4.51. The highest BCUT2D eigenvalue weighted by Gasteiger charge is 2.16. The molecule has 0 aliphatic carbocycles. The minimum atomic E-state index is 0.646. The van der Waals surface area contributed by atoms with Crippen molar-refractivity contribution in [2.24, 2.45) is 0 Å². The molecule has 25 heavy (non-hydrogen) atoms. The minimum absolute atomic E-state index is 0.646. The lowest BCUT2D eigenvalue weighted by molar-refractivity contribution is 0.140. The molecule has 0 bridgehead atoms. The van der Waals surface area contributed by atoms with Crippen LogP contribution in [0.25, 0.3) is 6.08 Å². The van der Waals surface area contributed by atoms with Crippen LogP contribution in [0.5, 0.6) is 0 Å². The molecule has 1 heterocycles. The zero-order valence-electron chi connectivity index (χ0n) is 15.3. The summed E-state index contributed by atoms with van der Waals surface area (Å²) in [5, 5.41) is 0. The van der Waals surface area contributed by atoms with E-state index in [1.54, 1.807) is 0 Å². The van der Waals surface area contributed by atoms with Gasteiger partial charge in [0.2, 0.25) is 0 Å². The third-order valence-electron chi connectivity index (χ3n) is 5.19. The zero-order valence-corrected chi connectivity index (χ0v) is 15.3. The summed E-state index contributed by atoms with van der Waals surface area (Å²) in [6, 6.07) is 21.5. The van der Waals surface area contributed by atoms with Crippen LogP contribution in [-0.2, 0) is 0 Å². The van der Waals surface area contributed by atoms with Gasteiger partial charge in [0.1, 0.15) is 0 Å². The lowest BCUT2D eigenvalue weighted by atomic mass is 9.97. The molecule has 1 atom stereocenters. The van der Waals surface area contributed by atoms with Crippen molar-refractivity contribution in [2.45, 2.75) is 19.3 Å². The van der Waals surface area contributed by atoms with Gasteiger partial charge in [0.25, 0.3) is 0 Å². The summed E-state index contributed by atoms with van der Waals surface area (Å²) in [7, 11) is 0. The topological polar surface area (TPSA) is 6.48 Å². The monoisotopic (exact) mass is 334 g/mol. The van der Waals surface area contributed by atoms with E-state index in [0.29, 0.717) is 5.92 Å². The van der Waals surface area contributed by atoms with Crippen molar-refractivity contribution >= 4 is 6.08 Å². The van der Waals surface area contributed by atoms with E-state index in [2.05, 4.69) is 89.5 Å². The highest BCUT2D eigenvalue weighted by molar-refractivity contribution is 5.48. The number of benzene rings is 2. The van der Waals surface area contributed by atoms with Crippen molar-refractivity contribution in [3.63, 3.8) is 0 Å². The molecule has 1 unspecified atom stereocenters. The lowest BCUT2D eigenvalue weighted by Crippen LogP contribution is -2.46. The van der Waals surface area contributed by atoms with Crippen molar-refractivity contribution < 1.29 is 0 Å². The Morgan fingerprint density at radius 2 is 1.44 bits per heavy atom. The number of piperazine rings is 1. The molecule has 1 fully saturated rings. The van der Waals surface area contributed by atoms with Gasteiger partial charge >= 0.3 is 0 Å². The Morgan fingerprint density at radius 3 is 2.12 bits per heavy atom. The average Bonchev–Trinajstić information content (AvgIpc) is 2.68. The van der Waals surface area contributed by atoms with Gasteiger partial charge < -0.3 is 4.90 Å². The summed E-state index contributed by atoms with van der Waals surface area (Å²) >= 11 is 0. The van der Waals surface area contributed by atoms with E-state index in [0.717, 1.165) is 6.54 Å². The molecule has 1 aliphatic heterocycles. The smallest absolute Gasteiger partial charge is 0.0167 e. The molecule has 0 radical (unpaired) electrons. The van der Waals surface area contributed by atoms with Gasteiger partial charge in [0.05, 0.1) is 0 Å². The standard InChI is InChI=1S/C23H30N2/c1-21(23-12-6-3-7-13-23)14-16-25-19-17-24(18-20-25)15-8-11-22-9-4-2-5-10-22/h2-13,21H,14-20H2,1H3. The maximum atomic E-state index is 2.62. The van der Waals surface area contributed by atoms with Gasteiger partial charge in [-0.1, -0.05) is 79.7 Å². The van der Waals surface area contributed by atoms with Crippen molar-refractivity contribution in [3.8, 4) is 0 Å². The van der Waals surface area contributed by atoms with Crippen molar-refractivity contribution in [1.29, 1.82) is 0 Å². The Hall–Kier alpha value is -1.90. The lowest BCUT2D eigenvalue weighted by Gasteiger charge is -2.34. The second-order valence-electron chi connectivity index (χ2n) is 7.06. The van der Waals surface area contributed by atoms with E-state index in [-0.39, 0.29) is 0 Å². The zero-order chi connectivity index (χ0) is 17.3. The third-order valence-corrected chi connectivity index (χ3v) is 5.19. The van der Waals surface area contributed by atoms with E-state index < -0.39 is 0 Å². The number of nitrogens with zero attached hydrogens (tertiary/aromatic N) is 2. The van der Waals surface area contributed by atoms with Crippen LogP contribution < -0.4 is 0 Å². The second kappa shape index (κ2) is 9.55. The molecule has 0 saturated carbocycles. The van der Waals surface area contributed by atoms with Gasteiger partial charge in [-0.25, -0.2) is 0 Å². The fraction of sp³-hybridized carbons (Fsp3) is 0.391. The molecule has 2 aromatic carbocycles. The third kappa shape index (κ3) is 5.84. The molecule has 0 spiro atoms. The van der Waals surface area contributed by atoms with Crippen LogP contribution >= 0.6 is 0 Å². The fourth-order valence-corrected chi connectivity index (χ4v) is 3.42. The van der Waals surface area contributed by atoms with E-state index in [4.69, 9.17) is 0 Å². The quantitative estimate of drug-likeness (QED) is 0.735. The van der Waals surface area contributed by atoms with Crippen LogP contribution in [-0.4, -0.2) is 49.1 Å². The Bertz CT molecular complexity index is 628. The maximum Gasteiger partial charge on any atom is 0.0167 e. The molecule has 132 valence electrons. The van der Waals surface area contributed by atoms with Gasteiger partial charge in [-0.3, -0.25) is 4.90 Å². The van der Waals surface area contributed by atoms with Crippen molar-refractivity contribution in [1.82, 2.24) is 9.80 Å². The summed E-state index contributed by atoms with van der Waals surface area (Å²) in [6.07, 6.45) is 5.77. The number of rotatable bonds is 7. The first-order valence-corrected chi connectivity index (χ1v) is 9.52. The highest BCUT2D eigenvalue weighted by atomic mass is 15.3. The Kier molecular flexibility index (Phi) is 6.84. The van der Waals surface area contributed by atoms with Gasteiger partial charge in [-0.15, -0.1) is 0 Å². The molecular weight excluding hydrogens is 304 g/mol. The van der Waals surface area contributed by atoms with Gasteiger partial charge in [-0.05, 0) is 30.0 Å². The summed E-state index contributed by atoms with van der Waals surface area (Å²) < 4.78 is 0. The maximum absolute atomic E-state index is 2.62. The molecule has 2 nitrogen and oxygen atoms in total. The van der Waals surface area contributed by atoms with Crippen LogP contribution in [0, 0.1) is 0 Å².